The Morgan fingerprint density at radius 2 is 0.851 bits per heavy atom. The first-order valence-electron chi connectivity index (χ1n) is 21.1. The fourth-order valence-electron chi connectivity index (χ4n) is 6.47. The minimum atomic E-state index is -0.658. The summed E-state index contributed by atoms with van der Waals surface area (Å²) in [6.07, 6.45) is 49.5. The van der Waals surface area contributed by atoms with Gasteiger partial charge in [-0.1, -0.05) is 205 Å². The highest BCUT2D eigenvalue weighted by Crippen LogP contribution is 2.16. The molecule has 0 heterocycles. The van der Waals surface area contributed by atoms with E-state index in [1.807, 2.05) is 0 Å². The SMILES string of the molecule is CCCCC/C=C\C=C/CCCCCCCCCCCCC(=O)NC(CO)C(O)CCCCCCCCCCCCCCCCCC. The van der Waals surface area contributed by atoms with Crippen LogP contribution in [0.5, 0.6) is 0 Å². The molecule has 0 aliphatic heterocycles. The van der Waals surface area contributed by atoms with E-state index in [1.54, 1.807) is 0 Å². The summed E-state index contributed by atoms with van der Waals surface area (Å²) in [5, 5.41) is 23.1. The molecular weight excluding hydrogens is 578 g/mol. The van der Waals surface area contributed by atoms with Gasteiger partial charge in [-0.15, -0.1) is 0 Å². The van der Waals surface area contributed by atoms with Gasteiger partial charge in [-0.05, 0) is 38.5 Å². The predicted octanol–water partition coefficient (Wildman–Crippen LogP) is 12.8. The number of unbranched alkanes of at least 4 members (excludes halogenated alkanes) is 28. The third-order valence-electron chi connectivity index (χ3n) is 9.74. The van der Waals surface area contributed by atoms with Crippen LogP contribution in [0.1, 0.15) is 226 Å². The molecular formula is C43H83NO3. The van der Waals surface area contributed by atoms with Crippen LogP contribution in [0.2, 0.25) is 0 Å². The quantitative estimate of drug-likeness (QED) is 0.0455. The molecule has 1 amide bonds. The van der Waals surface area contributed by atoms with Crippen molar-refractivity contribution >= 4 is 5.91 Å². The van der Waals surface area contributed by atoms with Crippen molar-refractivity contribution in [3.63, 3.8) is 0 Å². The molecule has 0 saturated heterocycles. The van der Waals surface area contributed by atoms with E-state index in [9.17, 15) is 15.0 Å². The van der Waals surface area contributed by atoms with E-state index in [-0.39, 0.29) is 12.5 Å². The van der Waals surface area contributed by atoms with Gasteiger partial charge in [-0.2, -0.15) is 0 Å². The summed E-state index contributed by atoms with van der Waals surface area (Å²) < 4.78 is 0. The molecule has 4 nitrogen and oxygen atoms in total. The fourth-order valence-corrected chi connectivity index (χ4v) is 6.47. The smallest absolute Gasteiger partial charge is 0.220 e. The fraction of sp³-hybridized carbons (Fsp3) is 0.884. The summed E-state index contributed by atoms with van der Waals surface area (Å²) in [6, 6.07) is -0.535. The van der Waals surface area contributed by atoms with Gasteiger partial charge in [0.25, 0.3) is 0 Å². The lowest BCUT2D eigenvalue weighted by molar-refractivity contribution is -0.123. The molecule has 4 heteroatoms. The Balaban J connectivity index is 3.52. The van der Waals surface area contributed by atoms with E-state index < -0.39 is 12.1 Å². The maximum atomic E-state index is 12.4. The Kier molecular flexibility index (Phi) is 38.4. The summed E-state index contributed by atoms with van der Waals surface area (Å²) in [4.78, 5) is 12.4. The molecule has 0 bridgehead atoms. The van der Waals surface area contributed by atoms with Gasteiger partial charge in [0.1, 0.15) is 0 Å². The van der Waals surface area contributed by atoms with Crippen LogP contribution in [0.4, 0.5) is 0 Å². The van der Waals surface area contributed by atoms with Gasteiger partial charge in [0, 0.05) is 6.42 Å². The van der Waals surface area contributed by atoms with Crippen LogP contribution >= 0.6 is 0 Å². The minimum Gasteiger partial charge on any atom is -0.394 e. The van der Waals surface area contributed by atoms with Gasteiger partial charge >= 0.3 is 0 Å². The second kappa shape index (κ2) is 39.3. The van der Waals surface area contributed by atoms with Crippen molar-refractivity contribution in [3.05, 3.63) is 24.3 Å². The normalized spacial score (nSPS) is 13.2. The van der Waals surface area contributed by atoms with Crippen molar-refractivity contribution in [2.45, 2.75) is 238 Å². The van der Waals surface area contributed by atoms with Crippen molar-refractivity contribution in [2.24, 2.45) is 0 Å². The maximum Gasteiger partial charge on any atom is 0.220 e. The molecule has 2 atom stereocenters. The number of amides is 1. The number of hydrogen-bond donors (Lipinski definition) is 3. The first-order valence-corrected chi connectivity index (χ1v) is 21.1. The molecule has 0 aromatic heterocycles. The van der Waals surface area contributed by atoms with Crippen LogP contribution in [-0.2, 0) is 4.79 Å². The van der Waals surface area contributed by atoms with E-state index in [0.717, 1.165) is 25.7 Å². The van der Waals surface area contributed by atoms with Crippen molar-refractivity contribution in [1.29, 1.82) is 0 Å². The number of hydrogen-bond acceptors (Lipinski definition) is 3. The van der Waals surface area contributed by atoms with Crippen LogP contribution < -0.4 is 5.32 Å². The average Bonchev–Trinajstić information content (AvgIpc) is 3.07. The van der Waals surface area contributed by atoms with Crippen LogP contribution in [0, 0.1) is 0 Å². The summed E-state index contributed by atoms with van der Waals surface area (Å²) in [6.45, 7) is 4.34. The predicted molar refractivity (Wildman–Crippen MR) is 207 cm³/mol. The standard InChI is InChI=1S/C43H83NO3/c1-3-5-7-9-11-13-15-17-19-21-22-23-25-27-29-31-33-35-37-39-43(47)44-41(40-45)42(46)38-36-34-32-30-28-26-24-20-18-16-14-12-10-8-6-4-2/h11,13,15,17,41-42,45-46H,3-10,12,14,16,18-40H2,1-2H3,(H,44,47)/b13-11-,17-15-. The van der Waals surface area contributed by atoms with E-state index in [4.69, 9.17) is 0 Å². The highest BCUT2D eigenvalue weighted by atomic mass is 16.3. The molecule has 0 fully saturated rings. The minimum absolute atomic E-state index is 0.0343. The molecule has 0 aromatic rings. The van der Waals surface area contributed by atoms with Gasteiger partial charge in [-0.3, -0.25) is 4.79 Å². The van der Waals surface area contributed by atoms with Crippen molar-refractivity contribution < 1.29 is 15.0 Å². The monoisotopic (exact) mass is 662 g/mol. The molecule has 0 aliphatic carbocycles. The second-order valence-corrected chi connectivity index (χ2v) is 14.4. The van der Waals surface area contributed by atoms with Gasteiger partial charge < -0.3 is 15.5 Å². The van der Waals surface area contributed by atoms with Crippen molar-refractivity contribution in [3.8, 4) is 0 Å². The van der Waals surface area contributed by atoms with Crippen LogP contribution in [0.25, 0.3) is 0 Å². The zero-order valence-electron chi connectivity index (χ0n) is 31.8. The number of allylic oxidation sites excluding steroid dienone is 4. The van der Waals surface area contributed by atoms with Crippen molar-refractivity contribution in [2.75, 3.05) is 6.61 Å². The molecule has 3 N–H and O–H groups in total. The molecule has 0 saturated carbocycles. The lowest BCUT2D eigenvalue weighted by atomic mass is 10.0. The first-order chi connectivity index (χ1) is 23.2. The molecule has 278 valence electrons. The molecule has 0 aromatic carbocycles. The lowest BCUT2D eigenvalue weighted by Gasteiger charge is -2.22. The number of carbonyl (C=O) groups is 1. The Morgan fingerprint density at radius 1 is 0.511 bits per heavy atom. The van der Waals surface area contributed by atoms with E-state index >= 15 is 0 Å². The zero-order valence-corrected chi connectivity index (χ0v) is 31.8. The number of rotatable bonds is 38. The zero-order chi connectivity index (χ0) is 34.3. The molecule has 0 rings (SSSR count). The third-order valence-corrected chi connectivity index (χ3v) is 9.74. The highest BCUT2D eigenvalue weighted by Gasteiger charge is 2.19. The van der Waals surface area contributed by atoms with Gasteiger partial charge in [0.05, 0.1) is 18.8 Å². The Morgan fingerprint density at radius 3 is 1.28 bits per heavy atom. The number of nitrogens with one attached hydrogen (secondary N) is 1. The van der Waals surface area contributed by atoms with Crippen LogP contribution in [-0.4, -0.2) is 34.9 Å². The van der Waals surface area contributed by atoms with E-state index in [1.165, 1.54) is 173 Å². The molecule has 0 spiro atoms. The van der Waals surface area contributed by atoms with Gasteiger partial charge in [-0.25, -0.2) is 0 Å². The topological polar surface area (TPSA) is 69.6 Å². The van der Waals surface area contributed by atoms with Gasteiger partial charge in [0.15, 0.2) is 0 Å². The average molecular weight is 662 g/mol. The van der Waals surface area contributed by atoms with Crippen molar-refractivity contribution in [1.82, 2.24) is 5.32 Å². The lowest BCUT2D eigenvalue weighted by Crippen LogP contribution is -2.45. The summed E-state index contributed by atoms with van der Waals surface area (Å²) in [5.74, 6) is -0.0343. The summed E-state index contributed by atoms with van der Waals surface area (Å²) in [7, 11) is 0. The maximum absolute atomic E-state index is 12.4. The highest BCUT2D eigenvalue weighted by molar-refractivity contribution is 5.76. The molecule has 47 heavy (non-hydrogen) atoms. The van der Waals surface area contributed by atoms with Crippen LogP contribution in [0.3, 0.4) is 0 Å². The van der Waals surface area contributed by atoms with E-state index in [2.05, 4.69) is 43.5 Å². The largest absolute Gasteiger partial charge is 0.394 e. The first kappa shape index (κ1) is 45.9. The molecule has 0 aliphatic rings. The Bertz CT molecular complexity index is 676. The Hall–Kier alpha value is -1.13. The number of carbonyl (C=O) groups excluding carboxylic acids is 1. The van der Waals surface area contributed by atoms with E-state index in [0.29, 0.717) is 12.8 Å². The van der Waals surface area contributed by atoms with Crippen LogP contribution in [0.15, 0.2) is 24.3 Å². The molecule has 2 unspecified atom stereocenters. The summed E-state index contributed by atoms with van der Waals surface area (Å²) in [5.41, 5.74) is 0. The Labute approximate surface area is 294 Å². The van der Waals surface area contributed by atoms with Gasteiger partial charge in [0.2, 0.25) is 5.91 Å². The second-order valence-electron chi connectivity index (χ2n) is 14.4. The third kappa shape index (κ3) is 36.0. The molecule has 0 radical (unpaired) electrons. The number of aliphatic hydroxyl groups excluding tert-OH is 2. The summed E-state index contributed by atoms with van der Waals surface area (Å²) >= 11 is 0. The number of aliphatic hydroxyl groups is 2.